The maximum atomic E-state index is 11.9. The van der Waals surface area contributed by atoms with Gasteiger partial charge in [0.15, 0.2) is 0 Å². The van der Waals surface area contributed by atoms with Crippen LogP contribution in [0, 0.1) is 0 Å². The standard InChI is InChI=1S/C18H24N2O4/c1-4-18(2,3)13-7-9-14(10-8-13)24-16(22)6-5-11-20-15(21)12-19-17(20)23/h7-10H,4-6,11-12H2,1-3H3,(H,19,23). The molecule has 1 N–H and O–H groups in total. The number of nitrogens with one attached hydrogen (secondary N) is 1. The molecule has 3 amide bonds. The Morgan fingerprint density at radius 1 is 1.25 bits per heavy atom. The average Bonchev–Trinajstić information content (AvgIpc) is 2.87. The van der Waals surface area contributed by atoms with E-state index in [-0.39, 0.29) is 36.8 Å². The molecule has 6 heteroatoms. The van der Waals surface area contributed by atoms with Gasteiger partial charge in [0, 0.05) is 13.0 Å². The summed E-state index contributed by atoms with van der Waals surface area (Å²) < 4.78 is 5.29. The first-order chi connectivity index (χ1) is 11.3. The van der Waals surface area contributed by atoms with E-state index in [0.717, 1.165) is 11.3 Å². The van der Waals surface area contributed by atoms with Crippen LogP contribution in [0.4, 0.5) is 4.79 Å². The van der Waals surface area contributed by atoms with Crippen LogP contribution in [0.1, 0.15) is 45.6 Å². The van der Waals surface area contributed by atoms with Crippen LogP contribution in [0.15, 0.2) is 24.3 Å². The minimum absolute atomic E-state index is 0.0315. The summed E-state index contributed by atoms with van der Waals surface area (Å²) in [5.74, 6) is -0.127. The van der Waals surface area contributed by atoms with Crippen LogP contribution in [0.2, 0.25) is 0 Å². The molecular formula is C18H24N2O4. The maximum absolute atomic E-state index is 11.9. The van der Waals surface area contributed by atoms with E-state index in [1.54, 1.807) is 12.1 Å². The van der Waals surface area contributed by atoms with Gasteiger partial charge in [-0.15, -0.1) is 0 Å². The third kappa shape index (κ3) is 4.34. The normalized spacial score (nSPS) is 14.7. The molecule has 130 valence electrons. The summed E-state index contributed by atoms with van der Waals surface area (Å²) in [7, 11) is 0. The van der Waals surface area contributed by atoms with E-state index in [2.05, 4.69) is 26.1 Å². The minimum atomic E-state index is -0.400. The van der Waals surface area contributed by atoms with E-state index in [0.29, 0.717) is 12.2 Å². The average molecular weight is 332 g/mol. The summed E-state index contributed by atoms with van der Waals surface area (Å²) in [5, 5.41) is 2.44. The van der Waals surface area contributed by atoms with Gasteiger partial charge >= 0.3 is 12.0 Å². The number of rotatable bonds is 7. The maximum Gasteiger partial charge on any atom is 0.324 e. The number of carbonyl (C=O) groups is 3. The molecule has 1 aliphatic heterocycles. The molecule has 0 atom stereocenters. The summed E-state index contributed by atoms with van der Waals surface area (Å²) in [5.41, 5.74) is 1.29. The Hall–Kier alpha value is -2.37. The predicted octanol–water partition coefficient (Wildman–Crippen LogP) is 2.61. The smallest absolute Gasteiger partial charge is 0.324 e. The summed E-state index contributed by atoms with van der Waals surface area (Å²) in [4.78, 5) is 35.8. The van der Waals surface area contributed by atoms with Crippen molar-refractivity contribution in [3.05, 3.63) is 29.8 Å². The second-order valence-corrected chi connectivity index (χ2v) is 6.54. The van der Waals surface area contributed by atoms with Gasteiger partial charge in [0.1, 0.15) is 5.75 Å². The van der Waals surface area contributed by atoms with E-state index in [9.17, 15) is 14.4 Å². The third-order valence-corrected chi connectivity index (χ3v) is 4.45. The van der Waals surface area contributed by atoms with Crippen molar-refractivity contribution in [3.8, 4) is 5.75 Å². The number of esters is 1. The van der Waals surface area contributed by atoms with E-state index in [1.165, 1.54) is 5.56 Å². The van der Waals surface area contributed by atoms with E-state index in [1.807, 2.05) is 12.1 Å². The van der Waals surface area contributed by atoms with Crippen LogP contribution in [-0.4, -0.2) is 35.9 Å². The van der Waals surface area contributed by atoms with Crippen molar-refractivity contribution < 1.29 is 19.1 Å². The van der Waals surface area contributed by atoms with Gasteiger partial charge in [-0.2, -0.15) is 0 Å². The van der Waals surface area contributed by atoms with Crippen molar-refractivity contribution in [2.24, 2.45) is 0 Å². The molecule has 0 radical (unpaired) electrons. The molecule has 0 saturated carbocycles. The molecule has 6 nitrogen and oxygen atoms in total. The zero-order chi connectivity index (χ0) is 17.7. The zero-order valence-electron chi connectivity index (χ0n) is 14.4. The highest BCUT2D eigenvalue weighted by atomic mass is 16.5. The van der Waals surface area contributed by atoms with Crippen molar-refractivity contribution in [1.29, 1.82) is 0 Å². The predicted molar refractivity (Wildman–Crippen MR) is 89.7 cm³/mol. The van der Waals surface area contributed by atoms with Gasteiger partial charge in [-0.25, -0.2) is 4.79 Å². The highest BCUT2D eigenvalue weighted by Crippen LogP contribution is 2.28. The molecule has 0 unspecified atom stereocenters. The largest absolute Gasteiger partial charge is 0.427 e. The topological polar surface area (TPSA) is 75.7 Å². The second-order valence-electron chi connectivity index (χ2n) is 6.54. The van der Waals surface area contributed by atoms with Gasteiger partial charge in [-0.05, 0) is 36.0 Å². The van der Waals surface area contributed by atoms with Crippen molar-refractivity contribution in [2.45, 2.75) is 45.4 Å². The van der Waals surface area contributed by atoms with Gasteiger partial charge in [-0.1, -0.05) is 32.9 Å². The van der Waals surface area contributed by atoms with Crippen LogP contribution in [0.5, 0.6) is 5.75 Å². The molecular weight excluding hydrogens is 308 g/mol. The monoisotopic (exact) mass is 332 g/mol. The SMILES string of the molecule is CCC(C)(C)c1ccc(OC(=O)CCCN2C(=O)CNC2=O)cc1. The first-order valence-electron chi connectivity index (χ1n) is 8.23. The summed E-state index contributed by atoms with van der Waals surface area (Å²) in [6, 6.07) is 7.13. The lowest BCUT2D eigenvalue weighted by Gasteiger charge is -2.23. The number of ether oxygens (including phenoxy) is 1. The van der Waals surface area contributed by atoms with Crippen molar-refractivity contribution >= 4 is 17.9 Å². The van der Waals surface area contributed by atoms with Crippen LogP contribution < -0.4 is 10.1 Å². The van der Waals surface area contributed by atoms with Crippen LogP contribution in [0.25, 0.3) is 0 Å². The van der Waals surface area contributed by atoms with E-state index in [4.69, 9.17) is 4.74 Å². The van der Waals surface area contributed by atoms with Crippen molar-refractivity contribution in [2.75, 3.05) is 13.1 Å². The highest BCUT2D eigenvalue weighted by molar-refractivity contribution is 6.01. The number of urea groups is 1. The molecule has 0 aromatic heterocycles. The molecule has 1 aliphatic rings. The molecule has 0 bridgehead atoms. The van der Waals surface area contributed by atoms with Crippen LogP contribution in [-0.2, 0) is 15.0 Å². The summed E-state index contributed by atoms with van der Waals surface area (Å²) in [6.07, 6.45) is 1.56. The van der Waals surface area contributed by atoms with Crippen LogP contribution in [0.3, 0.4) is 0 Å². The number of benzene rings is 1. The van der Waals surface area contributed by atoms with Gasteiger partial charge in [-0.3, -0.25) is 14.5 Å². The van der Waals surface area contributed by atoms with Gasteiger partial charge in [0.25, 0.3) is 0 Å². The molecule has 2 rings (SSSR count). The van der Waals surface area contributed by atoms with E-state index < -0.39 is 6.03 Å². The lowest BCUT2D eigenvalue weighted by atomic mass is 9.82. The zero-order valence-corrected chi connectivity index (χ0v) is 14.4. The Morgan fingerprint density at radius 2 is 1.92 bits per heavy atom. The Balaban J connectivity index is 1.80. The van der Waals surface area contributed by atoms with Gasteiger partial charge in [0.2, 0.25) is 5.91 Å². The Morgan fingerprint density at radius 3 is 2.46 bits per heavy atom. The van der Waals surface area contributed by atoms with Gasteiger partial charge in [0.05, 0.1) is 6.54 Å². The lowest BCUT2D eigenvalue weighted by molar-refractivity contribution is -0.135. The molecule has 1 heterocycles. The number of amides is 3. The lowest BCUT2D eigenvalue weighted by Crippen LogP contribution is -2.32. The quantitative estimate of drug-likeness (QED) is 0.473. The first-order valence-corrected chi connectivity index (χ1v) is 8.23. The molecule has 1 aromatic rings. The Labute approximate surface area is 142 Å². The Kier molecular flexibility index (Phi) is 5.59. The fourth-order valence-corrected chi connectivity index (χ4v) is 2.42. The number of carbonyl (C=O) groups excluding carboxylic acids is 3. The van der Waals surface area contributed by atoms with E-state index >= 15 is 0 Å². The third-order valence-electron chi connectivity index (χ3n) is 4.45. The molecule has 1 saturated heterocycles. The van der Waals surface area contributed by atoms with Crippen molar-refractivity contribution in [1.82, 2.24) is 10.2 Å². The first kappa shape index (κ1) is 18.0. The van der Waals surface area contributed by atoms with Gasteiger partial charge < -0.3 is 10.1 Å². The second kappa shape index (κ2) is 7.47. The molecule has 1 fully saturated rings. The summed E-state index contributed by atoms with van der Waals surface area (Å²) in [6.45, 7) is 6.74. The molecule has 0 spiro atoms. The molecule has 1 aromatic carbocycles. The minimum Gasteiger partial charge on any atom is -0.427 e. The van der Waals surface area contributed by atoms with Crippen molar-refractivity contribution in [3.63, 3.8) is 0 Å². The number of imide groups is 1. The number of hydrogen-bond acceptors (Lipinski definition) is 4. The fraction of sp³-hybridized carbons (Fsp3) is 0.500. The van der Waals surface area contributed by atoms with Crippen LogP contribution >= 0.6 is 0 Å². The molecule has 24 heavy (non-hydrogen) atoms. The molecule has 0 aliphatic carbocycles. The highest BCUT2D eigenvalue weighted by Gasteiger charge is 2.27. The fourth-order valence-electron chi connectivity index (χ4n) is 2.42. The number of nitrogens with zero attached hydrogens (tertiary/aromatic N) is 1. The summed E-state index contributed by atoms with van der Waals surface area (Å²) >= 11 is 0. The number of hydrogen-bond donors (Lipinski definition) is 1. The Bertz CT molecular complexity index is 606.